The molecule has 2 unspecified atom stereocenters. The van der Waals surface area contributed by atoms with Crippen molar-refractivity contribution in [2.75, 3.05) is 0 Å². The molecular formula is C12H16OS. The molecule has 2 atom stereocenters. The molecule has 0 amide bonds. The average molecular weight is 208 g/mol. The van der Waals surface area contributed by atoms with Crippen LogP contribution in [0.1, 0.15) is 29.5 Å². The zero-order valence-electron chi connectivity index (χ0n) is 8.66. The van der Waals surface area contributed by atoms with E-state index < -0.39 is 0 Å². The Hall–Kier alpha value is -0.600. The van der Waals surface area contributed by atoms with Crippen LogP contribution in [0.3, 0.4) is 0 Å². The molecule has 1 nitrogen and oxygen atoms in total. The van der Waals surface area contributed by atoms with Crippen LogP contribution < -0.4 is 0 Å². The minimum atomic E-state index is -0.240. The zero-order chi connectivity index (χ0) is 10.1. The lowest BCUT2D eigenvalue weighted by molar-refractivity contribution is 0.186. The fraction of sp³-hybridized carbons (Fsp3) is 0.500. The van der Waals surface area contributed by atoms with E-state index in [-0.39, 0.29) is 6.10 Å². The molecule has 1 heterocycles. The molecule has 76 valence electrons. The number of allylic oxidation sites excluding steroid dienone is 1. The third-order valence-corrected chi connectivity index (χ3v) is 3.74. The Kier molecular flexibility index (Phi) is 2.75. The van der Waals surface area contributed by atoms with Crippen LogP contribution in [0, 0.1) is 12.8 Å². The Bertz CT molecular complexity index is 351. The fourth-order valence-corrected chi connectivity index (χ4v) is 2.93. The van der Waals surface area contributed by atoms with Crippen molar-refractivity contribution in [1.82, 2.24) is 0 Å². The highest BCUT2D eigenvalue weighted by Gasteiger charge is 2.18. The number of hydrogen-bond donors (Lipinski definition) is 1. The Morgan fingerprint density at radius 3 is 2.79 bits per heavy atom. The monoisotopic (exact) mass is 208 g/mol. The summed E-state index contributed by atoms with van der Waals surface area (Å²) in [5.41, 5.74) is 1.33. The van der Waals surface area contributed by atoms with Crippen molar-refractivity contribution in [1.29, 1.82) is 0 Å². The summed E-state index contributed by atoms with van der Waals surface area (Å²) in [4.78, 5) is 2.67. The van der Waals surface area contributed by atoms with E-state index in [2.05, 4.69) is 26.0 Å². The van der Waals surface area contributed by atoms with Gasteiger partial charge in [-0.25, -0.2) is 0 Å². The fourth-order valence-electron chi connectivity index (χ4n) is 2.03. The smallest absolute Gasteiger partial charge is 0.0729 e. The third-order valence-electron chi connectivity index (χ3n) is 2.66. The standard InChI is InChI=1S/C12H16OS/c1-8-5-10(7-11(13)6-8)12-4-3-9(2)14-12/h3-4,7-8,11,13H,5-6H2,1-2H3. The van der Waals surface area contributed by atoms with Gasteiger partial charge in [0.05, 0.1) is 6.10 Å². The van der Waals surface area contributed by atoms with Crippen LogP contribution in [0.5, 0.6) is 0 Å². The molecule has 2 rings (SSSR count). The summed E-state index contributed by atoms with van der Waals surface area (Å²) in [6, 6.07) is 4.31. The Balaban J connectivity index is 2.25. The van der Waals surface area contributed by atoms with Gasteiger partial charge >= 0.3 is 0 Å². The summed E-state index contributed by atoms with van der Waals surface area (Å²) < 4.78 is 0. The van der Waals surface area contributed by atoms with Gasteiger partial charge in [-0.05, 0) is 43.4 Å². The number of aryl methyl sites for hydroxylation is 1. The molecule has 1 aromatic rings. The lowest BCUT2D eigenvalue weighted by atomic mass is 9.88. The maximum absolute atomic E-state index is 9.65. The highest BCUT2D eigenvalue weighted by molar-refractivity contribution is 7.13. The number of aliphatic hydroxyl groups excluding tert-OH is 1. The number of rotatable bonds is 1. The Labute approximate surface area is 89.1 Å². The molecule has 14 heavy (non-hydrogen) atoms. The van der Waals surface area contributed by atoms with Gasteiger partial charge in [-0.15, -0.1) is 11.3 Å². The molecule has 0 bridgehead atoms. The summed E-state index contributed by atoms with van der Waals surface area (Å²) in [7, 11) is 0. The van der Waals surface area contributed by atoms with E-state index in [0.29, 0.717) is 5.92 Å². The van der Waals surface area contributed by atoms with Crippen molar-refractivity contribution in [3.8, 4) is 0 Å². The highest BCUT2D eigenvalue weighted by atomic mass is 32.1. The van der Waals surface area contributed by atoms with E-state index in [0.717, 1.165) is 12.8 Å². The van der Waals surface area contributed by atoms with Gasteiger partial charge in [-0.1, -0.05) is 13.0 Å². The summed E-state index contributed by atoms with van der Waals surface area (Å²) in [6.07, 6.45) is 3.80. The molecule has 0 aromatic carbocycles. The van der Waals surface area contributed by atoms with Crippen molar-refractivity contribution >= 4 is 16.9 Å². The van der Waals surface area contributed by atoms with Crippen LogP contribution in [-0.2, 0) is 0 Å². The topological polar surface area (TPSA) is 20.2 Å². The van der Waals surface area contributed by atoms with Crippen molar-refractivity contribution < 1.29 is 5.11 Å². The molecule has 0 spiro atoms. The van der Waals surface area contributed by atoms with Crippen LogP contribution in [0.4, 0.5) is 0 Å². The maximum atomic E-state index is 9.65. The normalized spacial score (nSPS) is 27.5. The van der Waals surface area contributed by atoms with Gasteiger partial charge in [0, 0.05) is 9.75 Å². The van der Waals surface area contributed by atoms with Gasteiger partial charge in [0.1, 0.15) is 0 Å². The molecule has 1 aliphatic rings. The second-order valence-electron chi connectivity index (χ2n) is 4.21. The first kappa shape index (κ1) is 9.94. The predicted octanol–water partition coefficient (Wildman–Crippen LogP) is 3.23. The van der Waals surface area contributed by atoms with Crippen LogP contribution in [0.2, 0.25) is 0 Å². The number of hydrogen-bond acceptors (Lipinski definition) is 2. The summed E-state index contributed by atoms with van der Waals surface area (Å²) in [5.74, 6) is 0.604. The first-order valence-corrected chi connectivity index (χ1v) is 5.92. The van der Waals surface area contributed by atoms with Gasteiger partial charge in [0.15, 0.2) is 0 Å². The molecule has 0 aliphatic heterocycles. The van der Waals surface area contributed by atoms with E-state index >= 15 is 0 Å². The SMILES string of the molecule is Cc1ccc(C2=CC(O)CC(C)C2)s1. The zero-order valence-corrected chi connectivity index (χ0v) is 9.47. The van der Waals surface area contributed by atoms with Crippen molar-refractivity contribution in [2.24, 2.45) is 5.92 Å². The molecule has 1 aromatic heterocycles. The first-order valence-electron chi connectivity index (χ1n) is 5.10. The minimum Gasteiger partial charge on any atom is -0.389 e. The molecule has 1 aliphatic carbocycles. The number of aliphatic hydroxyl groups is 1. The minimum absolute atomic E-state index is 0.240. The summed E-state index contributed by atoms with van der Waals surface area (Å²) >= 11 is 1.82. The van der Waals surface area contributed by atoms with Gasteiger partial charge in [-0.2, -0.15) is 0 Å². The molecule has 2 heteroatoms. The van der Waals surface area contributed by atoms with Gasteiger partial charge < -0.3 is 5.11 Å². The molecule has 1 N–H and O–H groups in total. The molecule has 0 saturated carbocycles. The highest BCUT2D eigenvalue weighted by Crippen LogP contribution is 2.34. The van der Waals surface area contributed by atoms with E-state index in [9.17, 15) is 5.11 Å². The number of thiophene rings is 1. The Morgan fingerprint density at radius 2 is 2.21 bits per heavy atom. The lowest BCUT2D eigenvalue weighted by Crippen LogP contribution is -2.15. The predicted molar refractivity (Wildman–Crippen MR) is 61.4 cm³/mol. The largest absolute Gasteiger partial charge is 0.389 e. The van der Waals surface area contributed by atoms with Crippen LogP contribution in [-0.4, -0.2) is 11.2 Å². The van der Waals surface area contributed by atoms with E-state index in [1.54, 1.807) is 0 Å². The van der Waals surface area contributed by atoms with E-state index in [1.807, 2.05) is 17.4 Å². The maximum Gasteiger partial charge on any atom is 0.0729 e. The van der Waals surface area contributed by atoms with Crippen LogP contribution >= 0.6 is 11.3 Å². The lowest BCUT2D eigenvalue weighted by Gasteiger charge is -2.22. The second kappa shape index (κ2) is 3.87. The second-order valence-corrected chi connectivity index (χ2v) is 5.50. The van der Waals surface area contributed by atoms with E-state index in [1.165, 1.54) is 15.3 Å². The molecule has 0 fully saturated rings. The molecular weight excluding hydrogens is 192 g/mol. The molecule has 0 saturated heterocycles. The Morgan fingerprint density at radius 1 is 1.43 bits per heavy atom. The van der Waals surface area contributed by atoms with Crippen molar-refractivity contribution in [3.63, 3.8) is 0 Å². The molecule has 0 radical (unpaired) electrons. The quantitative estimate of drug-likeness (QED) is 0.751. The van der Waals surface area contributed by atoms with Gasteiger partial charge in [0.25, 0.3) is 0 Å². The average Bonchev–Trinajstić information content (AvgIpc) is 2.50. The summed E-state index contributed by atoms with van der Waals surface area (Å²) in [6.45, 7) is 4.33. The van der Waals surface area contributed by atoms with Crippen LogP contribution in [0.15, 0.2) is 18.2 Å². The van der Waals surface area contributed by atoms with Crippen LogP contribution in [0.25, 0.3) is 5.57 Å². The van der Waals surface area contributed by atoms with Gasteiger partial charge in [0.2, 0.25) is 0 Å². The third kappa shape index (κ3) is 2.07. The summed E-state index contributed by atoms with van der Waals surface area (Å²) in [5, 5.41) is 9.65. The van der Waals surface area contributed by atoms with Crippen molar-refractivity contribution in [2.45, 2.75) is 32.8 Å². The van der Waals surface area contributed by atoms with Gasteiger partial charge in [-0.3, -0.25) is 0 Å². The first-order chi connectivity index (χ1) is 6.65. The van der Waals surface area contributed by atoms with E-state index in [4.69, 9.17) is 0 Å². The van der Waals surface area contributed by atoms with Crippen molar-refractivity contribution in [3.05, 3.63) is 28.0 Å².